The molecule has 0 aliphatic heterocycles. The second-order valence-corrected chi connectivity index (χ2v) is 8.88. The fourth-order valence-electron chi connectivity index (χ4n) is 2.35. The Hall–Kier alpha value is -2.52. The molecule has 1 atom stereocenters. The Labute approximate surface area is 182 Å². The molecular formula is C18H18BrN5O3S2. The molecule has 8 nitrogen and oxygen atoms in total. The zero-order valence-electron chi connectivity index (χ0n) is 15.3. The number of thiocarbonyl (C=S) groups is 1. The second-order valence-electron chi connectivity index (χ2n) is 5.84. The Kier molecular flexibility index (Phi) is 8.10. The molecule has 152 valence electrons. The van der Waals surface area contributed by atoms with Crippen LogP contribution in [0.25, 0.3) is 0 Å². The Morgan fingerprint density at radius 1 is 1.21 bits per heavy atom. The number of hydrogen-bond acceptors (Lipinski definition) is 5. The van der Waals surface area contributed by atoms with E-state index in [1.54, 1.807) is 43.4 Å². The van der Waals surface area contributed by atoms with Gasteiger partial charge >= 0.3 is 0 Å². The summed E-state index contributed by atoms with van der Waals surface area (Å²) in [6.45, 7) is 0. The van der Waals surface area contributed by atoms with Crippen LogP contribution in [0.4, 0.5) is 0 Å². The molecule has 0 unspecified atom stereocenters. The molecule has 0 bridgehead atoms. The molecule has 0 radical (unpaired) electrons. The van der Waals surface area contributed by atoms with Crippen LogP contribution in [0, 0.1) is 11.3 Å². The highest BCUT2D eigenvalue weighted by atomic mass is 79.9. The van der Waals surface area contributed by atoms with E-state index in [2.05, 4.69) is 36.8 Å². The van der Waals surface area contributed by atoms with E-state index in [1.807, 2.05) is 6.07 Å². The van der Waals surface area contributed by atoms with Gasteiger partial charge in [0.2, 0.25) is 10.0 Å². The lowest BCUT2D eigenvalue weighted by atomic mass is 10.0. The lowest BCUT2D eigenvalue weighted by Crippen LogP contribution is -2.54. The summed E-state index contributed by atoms with van der Waals surface area (Å²) in [5.74, 6) is -0.636. The van der Waals surface area contributed by atoms with Gasteiger partial charge in [-0.3, -0.25) is 15.6 Å². The van der Waals surface area contributed by atoms with Crippen molar-refractivity contribution < 1.29 is 13.2 Å². The quantitative estimate of drug-likeness (QED) is 0.352. The summed E-state index contributed by atoms with van der Waals surface area (Å²) in [7, 11) is -2.42. The molecule has 2 aromatic carbocycles. The van der Waals surface area contributed by atoms with Crippen molar-refractivity contribution in [3.05, 3.63) is 64.1 Å². The summed E-state index contributed by atoms with van der Waals surface area (Å²) in [6.07, 6.45) is 0.0303. The zero-order chi connectivity index (χ0) is 21.4. The predicted octanol–water partition coefficient (Wildman–Crippen LogP) is 1.34. The second kappa shape index (κ2) is 10.3. The number of nitrogens with one attached hydrogen (secondary N) is 4. The number of rotatable bonds is 6. The average Bonchev–Trinajstić information content (AvgIpc) is 2.71. The maximum atomic E-state index is 12.8. The van der Waals surface area contributed by atoms with Crippen molar-refractivity contribution in [2.45, 2.75) is 17.4 Å². The lowest BCUT2D eigenvalue weighted by Gasteiger charge is -2.19. The normalized spacial score (nSPS) is 11.8. The number of carbonyl (C=O) groups is 1. The topological polar surface area (TPSA) is 123 Å². The summed E-state index contributed by atoms with van der Waals surface area (Å²) in [5, 5.41) is 11.9. The number of carbonyl (C=O) groups excluding carboxylic acids is 1. The number of halogens is 1. The van der Waals surface area contributed by atoms with Crippen molar-refractivity contribution in [1.29, 1.82) is 5.26 Å². The molecule has 0 heterocycles. The summed E-state index contributed by atoms with van der Waals surface area (Å²) < 4.78 is 28.6. The summed E-state index contributed by atoms with van der Waals surface area (Å²) in [4.78, 5) is 12.6. The van der Waals surface area contributed by atoms with Crippen molar-refractivity contribution in [3.8, 4) is 6.07 Å². The van der Waals surface area contributed by atoms with Gasteiger partial charge in [-0.25, -0.2) is 8.42 Å². The monoisotopic (exact) mass is 495 g/mol. The third kappa shape index (κ3) is 6.79. The van der Waals surface area contributed by atoms with Crippen LogP contribution in [0.3, 0.4) is 0 Å². The van der Waals surface area contributed by atoms with Gasteiger partial charge in [-0.1, -0.05) is 34.1 Å². The number of nitrogens with zero attached hydrogens (tertiary/aromatic N) is 1. The third-order valence-electron chi connectivity index (χ3n) is 3.74. The highest BCUT2D eigenvalue weighted by Crippen LogP contribution is 2.17. The minimum Gasteiger partial charge on any atom is -0.364 e. The minimum absolute atomic E-state index is 0.00848. The largest absolute Gasteiger partial charge is 0.364 e. The van der Waals surface area contributed by atoms with Gasteiger partial charge in [-0.15, -0.1) is 0 Å². The molecule has 0 aromatic heterocycles. The zero-order valence-corrected chi connectivity index (χ0v) is 18.5. The molecule has 4 N–H and O–H groups in total. The fraction of sp³-hybridized carbons (Fsp3) is 0.167. The van der Waals surface area contributed by atoms with Crippen LogP contribution >= 0.6 is 28.1 Å². The van der Waals surface area contributed by atoms with Crippen LogP contribution in [0.5, 0.6) is 0 Å². The highest BCUT2D eigenvalue weighted by molar-refractivity contribution is 9.10. The number of hydrogen-bond donors (Lipinski definition) is 4. The van der Waals surface area contributed by atoms with E-state index in [1.165, 1.54) is 12.1 Å². The smallest absolute Gasteiger partial charge is 0.256 e. The van der Waals surface area contributed by atoms with Crippen molar-refractivity contribution in [2.24, 2.45) is 0 Å². The number of amides is 1. The molecule has 0 fully saturated rings. The van der Waals surface area contributed by atoms with Crippen LogP contribution < -0.4 is 20.9 Å². The van der Waals surface area contributed by atoms with Gasteiger partial charge in [-0.05, 0) is 54.5 Å². The Morgan fingerprint density at radius 2 is 1.93 bits per heavy atom. The maximum absolute atomic E-state index is 12.8. The molecule has 0 spiro atoms. The van der Waals surface area contributed by atoms with Crippen LogP contribution in [-0.2, 0) is 21.2 Å². The molecule has 0 aliphatic rings. The Morgan fingerprint density at radius 3 is 2.59 bits per heavy atom. The SMILES string of the molecule is CNC(=S)NNC(=O)[C@H](Cc1cccc(C#N)c1)NS(=O)(=O)c1cccc(Br)c1. The van der Waals surface area contributed by atoms with Gasteiger partial charge in [0, 0.05) is 11.5 Å². The minimum atomic E-state index is -3.99. The highest BCUT2D eigenvalue weighted by Gasteiger charge is 2.26. The van der Waals surface area contributed by atoms with Gasteiger partial charge in [-0.2, -0.15) is 9.98 Å². The molecule has 0 aliphatic carbocycles. The van der Waals surface area contributed by atoms with Gasteiger partial charge in [0.1, 0.15) is 6.04 Å². The maximum Gasteiger partial charge on any atom is 0.256 e. The van der Waals surface area contributed by atoms with Gasteiger partial charge in [0.15, 0.2) is 5.11 Å². The van der Waals surface area contributed by atoms with Gasteiger partial charge in [0.25, 0.3) is 5.91 Å². The van der Waals surface area contributed by atoms with Crippen LogP contribution in [0.2, 0.25) is 0 Å². The average molecular weight is 496 g/mol. The molecular weight excluding hydrogens is 478 g/mol. The van der Waals surface area contributed by atoms with Crippen LogP contribution in [0.15, 0.2) is 57.9 Å². The number of hydrazine groups is 1. The molecule has 11 heteroatoms. The first kappa shape index (κ1) is 22.8. The van der Waals surface area contributed by atoms with Crippen molar-refractivity contribution in [1.82, 2.24) is 20.9 Å². The number of sulfonamides is 1. The van der Waals surface area contributed by atoms with E-state index in [0.717, 1.165) is 0 Å². The summed E-state index contributed by atoms with van der Waals surface area (Å²) in [5.41, 5.74) is 5.89. The van der Waals surface area contributed by atoms with Gasteiger partial charge < -0.3 is 5.32 Å². The molecule has 2 rings (SSSR count). The number of nitriles is 1. The third-order valence-corrected chi connectivity index (χ3v) is 6.01. The molecule has 2 aromatic rings. The van der Waals surface area contributed by atoms with E-state index in [9.17, 15) is 13.2 Å². The van der Waals surface area contributed by atoms with Crippen LogP contribution in [-0.4, -0.2) is 32.5 Å². The van der Waals surface area contributed by atoms with E-state index in [4.69, 9.17) is 17.5 Å². The summed E-state index contributed by atoms with van der Waals surface area (Å²) >= 11 is 8.14. The molecule has 29 heavy (non-hydrogen) atoms. The van der Waals surface area contributed by atoms with E-state index < -0.39 is 22.0 Å². The van der Waals surface area contributed by atoms with Crippen molar-refractivity contribution in [2.75, 3.05) is 7.05 Å². The first-order valence-corrected chi connectivity index (χ1v) is 11.0. The molecule has 1 amide bonds. The lowest BCUT2D eigenvalue weighted by molar-refractivity contribution is -0.123. The molecule has 0 saturated heterocycles. The summed E-state index contributed by atoms with van der Waals surface area (Å²) in [6, 6.07) is 13.6. The Bertz CT molecular complexity index is 1050. The van der Waals surface area contributed by atoms with Crippen molar-refractivity contribution in [3.63, 3.8) is 0 Å². The van der Waals surface area contributed by atoms with E-state index in [0.29, 0.717) is 15.6 Å². The first-order valence-electron chi connectivity index (χ1n) is 8.29. The number of benzene rings is 2. The van der Waals surface area contributed by atoms with Gasteiger partial charge in [0.05, 0.1) is 16.5 Å². The molecule has 0 saturated carbocycles. The van der Waals surface area contributed by atoms with E-state index in [-0.39, 0.29) is 16.4 Å². The first-order chi connectivity index (χ1) is 13.7. The Balaban J connectivity index is 2.29. The van der Waals surface area contributed by atoms with E-state index >= 15 is 0 Å². The van der Waals surface area contributed by atoms with Crippen LogP contribution in [0.1, 0.15) is 11.1 Å². The predicted molar refractivity (Wildman–Crippen MR) is 116 cm³/mol. The van der Waals surface area contributed by atoms with Crippen molar-refractivity contribution >= 4 is 49.2 Å². The fourth-order valence-corrected chi connectivity index (χ4v) is 4.19. The standard InChI is InChI=1S/C18H18BrN5O3S2/c1-21-18(28)23-22-17(25)16(9-12-4-2-5-13(8-12)11-20)24-29(26,27)15-7-3-6-14(19)10-15/h2-8,10,16,24H,9H2,1H3,(H,22,25)(H2,21,23,28)/t16-/m0/s1.